The van der Waals surface area contributed by atoms with E-state index >= 15 is 0 Å². The largest absolute Gasteiger partial charge is 0.466 e. The van der Waals surface area contributed by atoms with Gasteiger partial charge in [0, 0.05) is 49.2 Å². The van der Waals surface area contributed by atoms with Crippen molar-refractivity contribution >= 4 is 5.91 Å². The first kappa shape index (κ1) is 21.2. The van der Waals surface area contributed by atoms with Crippen molar-refractivity contribution in [2.45, 2.75) is 19.2 Å². The van der Waals surface area contributed by atoms with Crippen molar-refractivity contribution in [3.05, 3.63) is 75.8 Å². The normalized spacial score (nSPS) is 17.9. The van der Waals surface area contributed by atoms with Crippen molar-refractivity contribution in [3.8, 4) is 17.0 Å². The molecule has 0 radical (unpaired) electrons. The molecule has 5 rings (SSSR count). The number of hydrogen-bond acceptors (Lipinski definition) is 7. The second kappa shape index (κ2) is 8.72. The van der Waals surface area contributed by atoms with Gasteiger partial charge in [-0.25, -0.2) is 9.37 Å². The van der Waals surface area contributed by atoms with Crippen LogP contribution in [0.1, 0.15) is 27.8 Å². The molecule has 1 atom stereocenters. The van der Waals surface area contributed by atoms with E-state index < -0.39 is 17.8 Å². The van der Waals surface area contributed by atoms with Crippen LogP contribution in [0.4, 0.5) is 4.39 Å². The van der Waals surface area contributed by atoms with Crippen LogP contribution in [-0.2, 0) is 17.9 Å². The van der Waals surface area contributed by atoms with Crippen LogP contribution in [0.25, 0.3) is 11.3 Å². The SMILES string of the molecule is CN1CCn2c(nc(-c3ccncc3)cc2=O)C(NC(=O)c2cc(F)cc3c2OCOC3)C1. The predicted molar refractivity (Wildman–Crippen MR) is 116 cm³/mol. The zero-order chi connectivity index (χ0) is 22.9. The van der Waals surface area contributed by atoms with E-state index in [2.05, 4.69) is 10.3 Å². The van der Waals surface area contributed by atoms with Crippen LogP contribution in [0.2, 0.25) is 0 Å². The molecule has 0 saturated carbocycles. The topological polar surface area (TPSA) is 98.6 Å². The molecule has 2 aliphatic heterocycles. The van der Waals surface area contributed by atoms with E-state index in [0.29, 0.717) is 42.5 Å². The lowest BCUT2D eigenvalue weighted by Gasteiger charge is -2.24. The van der Waals surface area contributed by atoms with Crippen LogP contribution in [0.3, 0.4) is 0 Å². The summed E-state index contributed by atoms with van der Waals surface area (Å²) in [5, 5.41) is 2.94. The second-order valence-corrected chi connectivity index (χ2v) is 8.07. The highest BCUT2D eigenvalue weighted by Crippen LogP contribution is 2.30. The van der Waals surface area contributed by atoms with E-state index in [0.717, 1.165) is 11.6 Å². The number of nitrogens with zero attached hydrogens (tertiary/aromatic N) is 4. The van der Waals surface area contributed by atoms with Gasteiger partial charge in [0.2, 0.25) is 0 Å². The number of amides is 1. The third-order valence-electron chi connectivity index (χ3n) is 5.75. The summed E-state index contributed by atoms with van der Waals surface area (Å²) in [4.78, 5) is 37.0. The fourth-order valence-electron chi connectivity index (χ4n) is 4.14. The molecule has 170 valence electrons. The zero-order valence-electron chi connectivity index (χ0n) is 18.0. The van der Waals surface area contributed by atoms with Crippen molar-refractivity contribution in [1.29, 1.82) is 0 Å². The molecule has 0 fully saturated rings. The Labute approximate surface area is 188 Å². The molecule has 1 aromatic carbocycles. The number of hydrogen-bond donors (Lipinski definition) is 1. The van der Waals surface area contributed by atoms with Gasteiger partial charge in [0.05, 0.1) is 17.9 Å². The van der Waals surface area contributed by atoms with Gasteiger partial charge in [-0.1, -0.05) is 0 Å². The Balaban J connectivity index is 1.54. The molecule has 2 aromatic heterocycles. The molecule has 1 unspecified atom stereocenters. The maximum atomic E-state index is 14.2. The first-order valence-electron chi connectivity index (χ1n) is 10.5. The minimum absolute atomic E-state index is 0.0137. The lowest BCUT2D eigenvalue weighted by atomic mass is 10.1. The van der Waals surface area contributed by atoms with Gasteiger partial charge >= 0.3 is 0 Å². The molecule has 4 heterocycles. The molecule has 33 heavy (non-hydrogen) atoms. The Hall–Kier alpha value is -3.63. The summed E-state index contributed by atoms with van der Waals surface area (Å²) in [6.07, 6.45) is 3.26. The highest BCUT2D eigenvalue weighted by Gasteiger charge is 2.29. The van der Waals surface area contributed by atoms with Gasteiger partial charge in [-0.05, 0) is 31.3 Å². The maximum Gasteiger partial charge on any atom is 0.255 e. The predicted octanol–water partition coefficient (Wildman–Crippen LogP) is 1.73. The van der Waals surface area contributed by atoms with E-state index in [9.17, 15) is 14.0 Å². The van der Waals surface area contributed by atoms with Gasteiger partial charge in [-0.2, -0.15) is 0 Å². The third kappa shape index (κ3) is 4.22. The summed E-state index contributed by atoms with van der Waals surface area (Å²) in [5.41, 5.74) is 1.60. The van der Waals surface area contributed by atoms with Crippen LogP contribution >= 0.6 is 0 Å². The molecule has 9 nitrogen and oxygen atoms in total. The second-order valence-electron chi connectivity index (χ2n) is 8.07. The smallest absolute Gasteiger partial charge is 0.255 e. The third-order valence-corrected chi connectivity index (χ3v) is 5.75. The van der Waals surface area contributed by atoms with Gasteiger partial charge in [0.25, 0.3) is 11.5 Å². The number of fused-ring (bicyclic) bond motifs is 2. The molecule has 0 aliphatic carbocycles. The van der Waals surface area contributed by atoms with Gasteiger partial charge in [-0.3, -0.25) is 19.1 Å². The number of benzene rings is 1. The maximum absolute atomic E-state index is 14.2. The molecule has 3 aromatic rings. The number of nitrogens with one attached hydrogen (secondary N) is 1. The van der Waals surface area contributed by atoms with Crippen LogP contribution < -0.4 is 15.6 Å². The number of carbonyl (C=O) groups is 1. The van der Waals surface area contributed by atoms with Crippen molar-refractivity contribution < 1.29 is 18.7 Å². The summed E-state index contributed by atoms with van der Waals surface area (Å²) in [6, 6.07) is 6.87. The number of carbonyl (C=O) groups excluding carboxylic acids is 1. The van der Waals surface area contributed by atoms with Crippen LogP contribution in [0.15, 0.2) is 47.5 Å². The minimum atomic E-state index is -0.599. The summed E-state index contributed by atoms with van der Waals surface area (Å²) in [5.74, 6) is -0.316. The van der Waals surface area contributed by atoms with Crippen LogP contribution in [-0.4, -0.2) is 52.3 Å². The molecular formula is C23H22FN5O4. The molecule has 0 spiro atoms. The number of halogens is 1. The van der Waals surface area contributed by atoms with Gasteiger partial charge in [0.15, 0.2) is 6.79 Å². The van der Waals surface area contributed by atoms with Crippen LogP contribution in [0, 0.1) is 5.82 Å². The van der Waals surface area contributed by atoms with Gasteiger partial charge < -0.3 is 19.7 Å². The zero-order valence-corrected chi connectivity index (χ0v) is 18.0. The molecule has 1 N–H and O–H groups in total. The number of pyridine rings is 1. The number of likely N-dealkylation sites (N-methyl/N-ethyl adjacent to an activating group) is 1. The average Bonchev–Trinajstić information content (AvgIpc) is 2.97. The fourth-order valence-corrected chi connectivity index (χ4v) is 4.14. The highest BCUT2D eigenvalue weighted by molar-refractivity contribution is 5.97. The lowest BCUT2D eigenvalue weighted by molar-refractivity contribution is -0.0170. The molecule has 0 saturated heterocycles. The van der Waals surface area contributed by atoms with E-state index in [1.165, 1.54) is 12.1 Å². The Kier molecular flexibility index (Phi) is 5.61. The van der Waals surface area contributed by atoms with E-state index in [1.54, 1.807) is 29.1 Å². The molecule has 10 heteroatoms. The lowest BCUT2D eigenvalue weighted by Crippen LogP contribution is -2.38. The Morgan fingerprint density at radius 1 is 1.21 bits per heavy atom. The molecule has 2 aliphatic rings. The Morgan fingerprint density at radius 3 is 2.85 bits per heavy atom. The monoisotopic (exact) mass is 451 g/mol. The van der Waals surface area contributed by atoms with E-state index in [4.69, 9.17) is 14.5 Å². The average molecular weight is 451 g/mol. The Morgan fingerprint density at radius 2 is 2.03 bits per heavy atom. The number of aromatic nitrogens is 3. The summed E-state index contributed by atoms with van der Waals surface area (Å²) in [7, 11) is 1.91. The minimum Gasteiger partial charge on any atom is -0.466 e. The number of ether oxygens (including phenoxy) is 2. The van der Waals surface area contributed by atoms with Gasteiger partial charge in [-0.15, -0.1) is 0 Å². The van der Waals surface area contributed by atoms with Crippen LogP contribution in [0.5, 0.6) is 5.75 Å². The summed E-state index contributed by atoms with van der Waals surface area (Å²) in [6.45, 7) is 1.63. The first-order valence-corrected chi connectivity index (χ1v) is 10.5. The fraction of sp³-hybridized carbons (Fsp3) is 0.304. The summed E-state index contributed by atoms with van der Waals surface area (Å²) >= 11 is 0. The molecule has 1 amide bonds. The highest BCUT2D eigenvalue weighted by atomic mass is 19.1. The van der Waals surface area contributed by atoms with Crippen molar-refractivity contribution in [2.24, 2.45) is 0 Å². The van der Waals surface area contributed by atoms with Crippen molar-refractivity contribution in [1.82, 2.24) is 24.8 Å². The molecule has 0 bridgehead atoms. The quantitative estimate of drug-likeness (QED) is 0.648. The van der Waals surface area contributed by atoms with Gasteiger partial charge in [0.1, 0.15) is 23.4 Å². The van der Waals surface area contributed by atoms with Crippen molar-refractivity contribution in [3.63, 3.8) is 0 Å². The number of rotatable bonds is 3. The summed E-state index contributed by atoms with van der Waals surface area (Å²) < 4.78 is 26.5. The van der Waals surface area contributed by atoms with E-state index in [1.807, 2.05) is 11.9 Å². The first-order chi connectivity index (χ1) is 16.0. The van der Waals surface area contributed by atoms with E-state index in [-0.39, 0.29) is 24.5 Å². The molecular weight excluding hydrogens is 429 g/mol. The van der Waals surface area contributed by atoms with Crippen molar-refractivity contribution in [2.75, 3.05) is 26.9 Å². The Bertz CT molecular complexity index is 1260. The standard InChI is InChI=1S/C23H22FN5O4/c1-28-6-7-29-20(30)10-18(14-2-4-25-5-3-14)26-22(29)19(11-28)27-23(31)17-9-16(24)8-15-12-32-13-33-21(15)17/h2-5,8-10,19H,6-7,11-13H2,1H3,(H,27,31).